The number of carbonyl (C=O) groups excluding carboxylic acids is 1. The van der Waals surface area contributed by atoms with Crippen molar-refractivity contribution in [1.82, 2.24) is 4.98 Å². The van der Waals surface area contributed by atoms with Crippen LogP contribution in [0.15, 0.2) is 64.0 Å². The summed E-state index contributed by atoms with van der Waals surface area (Å²) in [5.74, 6) is 0.0174. The average molecular weight is 378 g/mol. The second kappa shape index (κ2) is 8.18. The van der Waals surface area contributed by atoms with Gasteiger partial charge in [0.25, 0.3) is 0 Å². The first-order valence-corrected chi connectivity index (χ1v) is 8.72. The summed E-state index contributed by atoms with van der Waals surface area (Å²) in [6, 6.07) is 13.4. The highest BCUT2D eigenvalue weighted by Crippen LogP contribution is 2.23. The molecule has 0 unspecified atom stereocenters. The van der Waals surface area contributed by atoms with Crippen LogP contribution in [0.3, 0.4) is 0 Å². The monoisotopic (exact) mass is 377 g/mol. The number of aromatic nitrogens is 1. The minimum absolute atomic E-state index is 0.00564. The summed E-state index contributed by atoms with van der Waals surface area (Å²) in [7, 11) is 0. The average Bonchev–Trinajstić information content (AvgIpc) is 3.09. The van der Waals surface area contributed by atoms with Gasteiger partial charge in [-0.3, -0.25) is 4.79 Å². The number of hydrogen-bond acceptors (Lipinski definition) is 5. The molecule has 128 valence electrons. The van der Waals surface area contributed by atoms with Crippen molar-refractivity contribution >= 4 is 29.3 Å². The molecule has 3 aromatic rings. The van der Waals surface area contributed by atoms with E-state index < -0.39 is 5.97 Å². The van der Waals surface area contributed by atoms with E-state index in [4.69, 9.17) is 20.8 Å². The van der Waals surface area contributed by atoms with Crippen LogP contribution in [-0.2, 0) is 16.1 Å². The molecule has 0 fully saturated rings. The Hall–Kier alpha value is -2.31. The third-order valence-electron chi connectivity index (χ3n) is 3.22. The van der Waals surface area contributed by atoms with Gasteiger partial charge in [-0.2, -0.15) is 0 Å². The number of ether oxygens (including phenoxy) is 1. The van der Waals surface area contributed by atoms with Gasteiger partial charge >= 0.3 is 5.97 Å². The normalized spacial score (nSPS) is 10.6. The molecule has 0 N–H and O–H groups in total. The van der Waals surface area contributed by atoms with Crippen LogP contribution in [-0.4, -0.2) is 16.7 Å². The minimum atomic E-state index is -0.473. The summed E-state index contributed by atoms with van der Waals surface area (Å²) in [6.07, 6.45) is 1.56. The standard InChI is InChI=1S/C18H13ClFNO3S/c19-13-7-5-12(6-8-13)15-9-21-17(24-15)10-23-18(22)11-25-16-4-2-1-3-14(16)20/h1-9H,10-11H2. The molecule has 0 atom stereocenters. The van der Waals surface area contributed by atoms with Gasteiger partial charge in [-0.05, 0) is 36.4 Å². The molecule has 1 aromatic heterocycles. The highest BCUT2D eigenvalue weighted by Gasteiger charge is 2.11. The van der Waals surface area contributed by atoms with E-state index in [1.807, 2.05) is 12.1 Å². The zero-order valence-electron chi connectivity index (χ0n) is 12.9. The highest BCUT2D eigenvalue weighted by atomic mass is 35.5. The molecule has 0 saturated carbocycles. The van der Waals surface area contributed by atoms with Gasteiger partial charge in [-0.1, -0.05) is 23.7 Å². The molecule has 2 aromatic carbocycles. The van der Waals surface area contributed by atoms with E-state index in [2.05, 4.69) is 4.98 Å². The van der Waals surface area contributed by atoms with Gasteiger partial charge < -0.3 is 9.15 Å². The molecule has 0 aliphatic rings. The molecule has 3 rings (SSSR count). The van der Waals surface area contributed by atoms with E-state index in [9.17, 15) is 9.18 Å². The van der Waals surface area contributed by atoms with Crippen molar-refractivity contribution in [1.29, 1.82) is 0 Å². The quantitative estimate of drug-likeness (QED) is 0.448. The smallest absolute Gasteiger partial charge is 0.316 e. The van der Waals surface area contributed by atoms with E-state index in [1.165, 1.54) is 6.07 Å². The summed E-state index contributed by atoms with van der Waals surface area (Å²) >= 11 is 6.92. The Kier molecular flexibility index (Phi) is 5.73. The number of oxazole rings is 1. The van der Waals surface area contributed by atoms with Crippen molar-refractivity contribution < 1.29 is 18.3 Å². The first kappa shape index (κ1) is 17.5. The molecular formula is C18H13ClFNO3S. The fraction of sp³-hybridized carbons (Fsp3) is 0.111. The summed E-state index contributed by atoms with van der Waals surface area (Å²) in [5.41, 5.74) is 0.824. The molecular weight excluding hydrogens is 365 g/mol. The van der Waals surface area contributed by atoms with Gasteiger partial charge in [0.2, 0.25) is 5.89 Å². The lowest BCUT2D eigenvalue weighted by Crippen LogP contribution is -2.07. The van der Waals surface area contributed by atoms with Crippen LogP contribution in [0.4, 0.5) is 4.39 Å². The van der Waals surface area contributed by atoms with Crippen LogP contribution < -0.4 is 0 Å². The molecule has 7 heteroatoms. The van der Waals surface area contributed by atoms with Crippen molar-refractivity contribution in [2.45, 2.75) is 11.5 Å². The first-order valence-electron chi connectivity index (χ1n) is 7.35. The predicted molar refractivity (Wildman–Crippen MR) is 93.9 cm³/mol. The van der Waals surface area contributed by atoms with Crippen molar-refractivity contribution in [3.63, 3.8) is 0 Å². The van der Waals surface area contributed by atoms with Crippen LogP contribution in [0.2, 0.25) is 5.02 Å². The maximum atomic E-state index is 13.5. The number of benzene rings is 2. The molecule has 25 heavy (non-hydrogen) atoms. The van der Waals surface area contributed by atoms with Crippen molar-refractivity contribution in [2.24, 2.45) is 0 Å². The van der Waals surface area contributed by atoms with Crippen molar-refractivity contribution in [2.75, 3.05) is 5.75 Å². The van der Waals surface area contributed by atoms with Gasteiger partial charge in [0.05, 0.1) is 11.9 Å². The summed E-state index contributed by atoms with van der Waals surface area (Å²) in [6.45, 7) is -0.0791. The number of hydrogen-bond donors (Lipinski definition) is 0. The lowest BCUT2D eigenvalue weighted by molar-refractivity contribution is -0.142. The Morgan fingerprint density at radius 1 is 1.20 bits per heavy atom. The lowest BCUT2D eigenvalue weighted by Gasteiger charge is -2.03. The Balaban J connectivity index is 1.51. The van der Waals surface area contributed by atoms with E-state index in [0.717, 1.165) is 17.3 Å². The lowest BCUT2D eigenvalue weighted by atomic mass is 10.2. The summed E-state index contributed by atoms with van der Waals surface area (Å²) < 4.78 is 24.1. The first-order chi connectivity index (χ1) is 12.1. The second-order valence-corrected chi connectivity index (χ2v) is 6.46. The molecule has 4 nitrogen and oxygen atoms in total. The molecule has 0 radical (unpaired) electrons. The summed E-state index contributed by atoms with van der Waals surface area (Å²) in [4.78, 5) is 16.2. The van der Waals surface area contributed by atoms with Crippen molar-refractivity contribution in [3.8, 4) is 11.3 Å². The second-order valence-electron chi connectivity index (χ2n) is 5.00. The number of carbonyl (C=O) groups is 1. The zero-order chi connectivity index (χ0) is 17.6. The number of thioether (sulfide) groups is 1. The van der Waals surface area contributed by atoms with E-state index in [-0.39, 0.29) is 24.1 Å². The van der Waals surface area contributed by atoms with Crippen LogP contribution in [0.25, 0.3) is 11.3 Å². The fourth-order valence-corrected chi connectivity index (χ4v) is 2.87. The molecule has 0 saturated heterocycles. The molecule has 0 bridgehead atoms. The third kappa shape index (κ3) is 4.84. The maximum Gasteiger partial charge on any atom is 0.316 e. The Labute approximate surface area is 153 Å². The van der Waals surface area contributed by atoms with Crippen LogP contribution in [0.5, 0.6) is 0 Å². The third-order valence-corrected chi connectivity index (χ3v) is 4.50. The number of nitrogens with zero attached hydrogens (tertiary/aromatic N) is 1. The number of rotatable bonds is 6. The van der Waals surface area contributed by atoms with Gasteiger partial charge in [0.15, 0.2) is 12.4 Å². The van der Waals surface area contributed by atoms with Gasteiger partial charge in [0, 0.05) is 15.5 Å². The zero-order valence-corrected chi connectivity index (χ0v) is 14.5. The van der Waals surface area contributed by atoms with Crippen molar-refractivity contribution in [3.05, 3.63) is 71.5 Å². The number of halogens is 2. The Morgan fingerprint density at radius 3 is 2.72 bits per heavy atom. The van der Waals surface area contributed by atoms with Gasteiger partial charge in [-0.15, -0.1) is 11.8 Å². The molecule has 0 amide bonds. The SMILES string of the molecule is O=C(CSc1ccccc1F)OCc1ncc(-c2ccc(Cl)cc2)o1. The fourth-order valence-electron chi connectivity index (χ4n) is 2.01. The largest absolute Gasteiger partial charge is 0.455 e. The van der Waals surface area contributed by atoms with E-state index in [1.54, 1.807) is 36.5 Å². The molecule has 1 heterocycles. The van der Waals surface area contributed by atoms with Crippen LogP contribution >= 0.6 is 23.4 Å². The maximum absolute atomic E-state index is 13.5. The Bertz CT molecular complexity index is 867. The Morgan fingerprint density at radius 2 is 1.96 bits per heavy atom. The molecule has 0 spiro atoms. The van der Waals surface area contributed by atoms with Gasteiger partial charge in [-0.25, -0.2) is 9.37 Å². The van der Waals surface area contributed by atoms with E-state index in [0.29, 0.717) is 15.7 Å². The summed E-state index contributed by atoms with van der Waals surface area (Å²) in [5, 5.41) is 0.629. The highest BCUT2D eigenvalue weighted by molar-refractivity contribution is 8.00. The topological polar surface area (TPSA) is 52.3 Å². The van der Waals surface area contributed by atoms with Gasteiger partial charge in [0.1, 0.15) is 5.82 Å². The minimum Gasteiger partial charge on any atom is -0.455 e. The van der Waals surface area contributed by atoms with Crippen LogP contribution in [0, 0.1) is 5.82 Å². The van der Waals surface area contributed by atoms with E-state index >= 15 is 0 Å². The molecule has 0 aliphatic heterocycles. The van der Waals surface area contributed by atoms with Crippen LogP contribution in [0.1, 0.15) is 5.89 Å². The predicted octanol–water partition coefficient (Wildman–Crippen LogP) is 4.97. The number of esters is 1. The molecule has 0 aliphatic carbocycles.